The van der Waals surface area contributed by atoms with E-state index in [4.69, 9.17) is 21.6 Å². The monoisotopic (exact) mass is 362 g/mol. The summed E-state index contributed by atoms with van der Waals surface area (Å²) in [6.07, 6.45) is 2.07. The highest BCUT2D eigenvalue weighted by atomic mass is 35.5. The molecule has 0 aliphatic rings. The van der Waals surface area contributed by atoms with Gasteiger partial charge in [0.15, 0.2) is 5.82 Å². The number of aromatic nitrogens is 2. The molecule has 0 saturated heterocycles. The maximum absolute atomic E-state index is 6.21. The summed E-state index contributed by atoms with van der Waals surface area (Å²) in [5, 5.41) is 1.65. The van der Waals surface area contributed by atoms with Crippen molar-refractivity contribution in [1.82, 2.24) is 9.97 Å². The highest BCUT2D eigenvalue weighted by molar-refractivity contribution is 7.98. The Morgan fingerprint density at radius 2 is 1.56 bits per heavy atom. The van der Waals surface area contributed by atoms with Crippen LogP contribution in [0.25, 0.3) is 33.5 Å². The van der Waals surface area contributed by atoms with Gasteiger partial charge in [-0.05, 0) is 36.6 Å². The Balaban J connectivity index is 1.96. The van der Waals surface area contributed by atoms with Crippen LogP contribution in [-0.2, 0) is 0 Å². The van der Waals surface area contributed by atoms with Gasteiger partial charge in [-0.1, -0.05) is 54.1 Å². The van der Waals surface area contributed by atoms with Crippen LogP contribution in [0.1, 0.15) is 0 Å². The van der Waals surface area contributed by atoms with Gasteiger partial charge < -0.3 is 0 Å². The lowest BCUT2D eigenvalue weighted by Gasteiger charge is -2.10. The van der Waals surface area contributed by atoms with Crippen molar-refractivity contribution in [3.63, 3.8) is 0 Å². The molecule has 0 N–H and O–H groups in total. The fourth-order valence-corrected chi connectivity index (χ4v) is 3.37. The third-order valence-corrected chi connectivity index (χ3v) is 5.03. The molecule has 0 aliphatic carbocycles. The Morgan fingerprint density at radius 3 is 2.28 bits per heavy atom. The quantitative estimate of drug-likeness (QED) is 0.398. The SMILES string of the molecule is CSc1ccc(-c2nc(-c3ccccc3)c3cc(Cl)ccc3n2)cc1. The van der Waals surface area contributed by atoms with Gasteiger partial charge >= 0.3 is 0 Å². The van der Waals surface area contributed by atoms with Crippen molar-refractivity contribution >= 4 is 34.3 Å². The predicted molar refractivity (Wildman–Crippen MR) is 107 cm³/mol. The van der Waals surface area contributed by atoms with E-state index in [0.717, 1.165) is 33.5 Å². The normalized spacial score (nSPS) is 11.0. The molecule has 0 unspecified atom stereocenters. The average Bonchev–Trinajstić information content (AvgIpc) is 2.68. The van der Waals surface area contributed by atoms with Gasteiger partial charge in [-0.25, -0.2) is 9.97 Å². The van der Waals surface area contributed by atoms with Crippen molar-refractivity contribution < 1.29 is 0 Å². The number of fused-ring (bicyclic) bond motifs is 1. The maximum atomic E-state index is 6.21. The van der Waals surface area contributed by atoms with Crippen molar-refractivity contribution in [3.05, 3.63) is 77.8 Å². The van der Waals surface area contributed by atoms with E-state index in [1.54, 1.807) is 11.8 Å². The molecule has 0 atom stereocenters. The van der Waals surface area contributed by atoms with Gasteiger partial charge in [0.1, 0.15) is 0 Å². The minimum Gasteiger partial charge on any atom is -0.228 e. The fourth-order valence-electron chi connectivity index (χ4n) is 2.79. The first-order valence-electron chi connectivity index (χ1n) is 7.92. The summed E-state index contributed by atoms with van der Waals surface area (Å²) in [7, 11) is 0. The van der Waals surface area contributed by atoms with Crippen LogP contribution < -0.4 is 0 Å². The van der Waals surface area contributed by atoms with E-state index in [1.807, 2.05) is 36.4 Å². The van der Waals surface area contributed by atoms with E-state index in [-0.39, 0.29) is 0 Å². The lowest BCUT2D eigenvalue weighted by Crippen LogP contribution is -1.95. The van der Waals surface area contributed by atoms with Crippen molar-refractivity contribution in [2.75, 3.05) is 6.26 Å². The molecular weight excluding hydrogens is 348 g/mol. The molecule has 0 fully saturated rings. The standard InChI is InChI=1S/C21H15ClN2S/c1-25-17-10-7-15(8-11-17)21-23-19-12-9-16(22)13-18(19)20(24-21)14-5-3-2-4-6-14/h2-13H,1H3. The summed E-state index contributed by atoms with van der Waals surface area (Å²) in [6, 6.07) is 24.2. The van der Waals surface area contributed by atoms with E-state index in [1.165, 1.54) is 4.90 Å². The summed E-state index contributed by atoms with van der Waals surface area (Å²) in [6.45, 7) is 0. The Kier molecular flexibility index (Phi) is 4.43. The highest BCUT2D eigenvalue weighted by Crippen LogP contribution is 2.31. The molecule has 0 amide bonds. The molecule has 0 bridgehead atoms. The predicted octanol–water partition coefficient (Wildman–Crippen LogP) is 6.34. The molecule has 0 radical (unpaired) electrons. The highest BCUT2D eigenvalue weighted by Gasteiger charge is 2.11. The molecule has 1 heterocycles. The van der Waals surface area contributed by atoms with Crippen LogP contribution in [0.15, 0.2) is 77.7 Å². The first-order valence-corrected chi connectivity index (χ1v) is 9.52. The Bertz CT molecular complexity index is 1030. The third-order valence-electron chi connectivity index (χ3n) is 4.05. The zero-order valence-corrected chi connectivity index (χ0v) is 15.2. The van der Waals surface area contributed by atoms with Gasteiger partial charge in [-0.15, -0.1) is 11.8 Å². The van der Waals surface area contributed by atoms with E-state index < -0.39 is 0 Å². The van der Waals surface area contributed by atoms with Gasteiger partial charge in [-0.3, -0.25) is 0 Å². The lowest BCUT2D eigenvalue weighted by molar-refractivity contribution is 1.22. The van der Waals surface area contributed by atoms with E-state index in [0.29, 0.717) is 5.02 Å². The van der Waals surface area contributed by atoms with Crippen LogP contribution in [-0.4, -0.2) is 16.2 Å². The topological polar surface area (TPSA) is 25.8 Å². The number of hydrogen-bond acceptors (Lipinski definition) is 3. The summed E-state index contributed by atoms with van der Waals surface area (Å²) in [5.41, 5.74) is 3.85. The van der Waals surface area contributed by atoms with E-state index in [9.17, 15) is 0 Å². The molecule has 122 valence electrons. The first-order chi connectivity index (χ1) is 12.2. The van der Waals surface area contributed by atoms with Gasteiger partial charge in [-0.2, -0.15) is 0 Å². The second-order valence-corrected chi connectivity index (χ2v) is 6.97. The van der Waals surface area contributed by atoms with Crippen LogP contribution in [0.3, 0.4) is 0 Å². The Hall–Kier alpha value is -2.36. The molecule has 4 heteroatoms. The first kappa shape index (κ1) is 16.1. The molecular formula is C21H15ClN2S. The van der Waals surface area contributed by atoms with Crippen LogP contribution in [0.5, 0.6) is 0 Å². The Morgan fingerprint density at radius 1 is 0.800 bits per heavy atom. The second kappa shape index (κ2) is 6.87. The molecule has 3 aromatic carbocycles. The van der Waals surface area contributed by atoms with Crippen molar-refractivity contribution in [2.45, 2.75) is 4.90 Å². The van der Waals surface area contributed by atoms with Gasteiger partial charge in [0.2, 0.25) is 0 Å². The Labute approximate surface area is 155 Å². The average molecular weight is 363 g/mol. The maximum Gasteiger partial charge on any atom is 0.160 e. The van der Waals surface area contributed by atoms with Gasteiger partial charge in [0.05, 0.1) is 11.2 Å². The fraction of sp³-hybridized carbons (Fsp3) is 0.0476. The zero-order chi connectivity index (χ0) is 17.2. The van der Waals surface area contributed by atoms with E-state index >= 15 is 0 Å². The van der Waals surface area contributed by atoms with Crippen molar-refractivity contribution in [1.29, 1.82) is 0 Å². The van der Waals surface area contributed by atoms with Crippen molar-refractivity contribution in [3.8, 4) is 22.6 Å². The molecule has 1 aromatic heterocycles. The number of benzene rings is 3. The minimum atomic E-state index is 0.686. The minimum absolute atomic E-state index is 0.686. The molecule has 0 aliphatic heterocycles. The lowest BCUT2D eigenvalue weighted by atomic mass is 10.1. The number of hydrogen-bond donors (Lipinski definition) is 0. The molecule has 4 aromatic rings. The number of thioether (sulfide) groups is 1. The number of nitrogens with zero attached hydrogens (tertiary/aromatic N) is 2. The molecule has 0 saturated carbocycles. The second-order valence-electron chi connectivity index (χ2n) is 5.65. The summed E-state index contributed by atoms with van der Waals surface area (Å²) >= 11 is 7.93. The third kappa shape index (κ3) is 3.26. The van der Waals surface area contributed by atoms with Crippen LogP contribution in [0.4, 0.5) is 0 Å². The number of rotatable bonds is 3. The van der Waals surface area contributed by atoms with Gasteiger partial charge in [0, 0.05) is 26.4 Å². The van der Waals surface area contributed by atoms with E-state index in [2.05, 4.69) is 42.7 Å². The summed E-state index contributed by atoms with van der Waals surface area (Å²) in [4.78, 5) is 10.8. The van der Waals surface area contributed by atoms with Crippen LogP contribution >= 0.6 is 23.4 Å². The van der Waals surface area contributed by atoms with Crippen molar-refractivity contribution in [2.24, 2.45) is 0 Å². The summed E-state index contributed by atoms with van der Waals surface area (Å²) in [5.74, 6) is 0.723. The smallest absolute Gasteiger partial charge is 0.160 e. The molecule has 25 heavy (non-hydrogen) atoms. The number of halogens is 1. The van der Waals surface area contributed by atoms with Crippen LogP contribution in [0.2, 0.25) is 5.02 Å². The largest absolute Gasteiger partial charge is 0.228 e. The summed E-state index contributed by atoms with van der Waals surface area (Å²) < 4.78 is 0. The zero-order valence-electron chi connectivity index (χ0n) is 13.6. The van der Waals surface area contributed by atoms with Crippen LogP contribution in [0, 0.1) is 0 Å². The molecule has 4 rings (SSSR count). The molecule has 2 nitrogen and oxygen atoms in total. The van der Waals surface area contributed by atoms with Gasteiger partial charge in [0.25, 0.3) is 0 Å². The molecule has 0 spiro atoms.